The van der Waals surface area contributed by atoms with Gasteiger partial charge in [0.15, 0.2) is 16.1 Å². The summed E-state index contributed by atoms with van der Waals surface area (Å²) in [6, 6.07) is 0.166. The van der Waals surface area contributed by atoms with Crippen LogP contribution in [-0.2, 0) is 0 Å². The van der Waals surface area contributed by atoms with Crippen LogP contribution in [0.5, 0.6) is 0 Å². The molecular weight excluding hydrogens is 246 g/mol. The van der Waals surface area contributed by atoms with Crippen LogP contribution >= 0.6 is 15.9 Å². The first-order chi connectivity index (χ1) is 6.74. The molecule has 2 rings (SSSR count). The number of aromatic nitrogens is 4. The highest BCUT2D eigenvalue weighted by atomic mass is 79.9. The fraction of sp³-hybridized carbons (Fsp3) is 0.375. The second kappa shape index (κ2) is 3.62. The van der Waals surface area contributed by atoms with Crippen molar-refractivity contribution in [1.29, 1.82) is 0 Å². The Morgan fingerprint density at radius 2 is 2.29 bits per heavy atom. The van der Waals surface area contributed by atoms with Gasteiger partial charge in [0.05, 0.1) is 6.04 Å². The molecule has 5 nitrogen and oxygen atoms in total. The summed E-state index contributed by atoms with van der Waals surface area (Å²) in [6.07, 6.45) is 3.57. The molecule has 0 spiro atoms. The van der Waals surface area contributed by atoms with Crippen molar-refractivity contribution in [2.45, 2.75) is 13.0 Å². The van der Waals surface area contributed by atoms with Gasteiger partial charge < -0.3 is 5.32 Å². The van der Waals surface area contributed by atoms with Gasteiger partial charge in [0.1, 0.15) is 0 Å². The van der Waals surface area contributed by atoms with Crippen LogP contribution in [0.1, 0.15) is 18.8 Å². The van der Waals surface area contributed by atoms with Crippen LogP contribution in [0.3, 0.4) is 0 Å². The molecule has 2 aromatic heterocycles. The Labute approximate surface area is 89.7 Å². The average molecular weight is 256 g/mol. The molecule has 1 unspecified atom stereocenters. The van der Waals surface area contributed by atoms with Crippen LogP contribution < -0.4 is 5.32 Å². The second-order valence-electron chi connectivity index (χ2n) is 2.98. The van der Waals surface area contributed by atoms with E-state index in [1.807, 2.05) is 24.6 Å². The number of hydrogen-bond donors (Lipinski definition) is 1. The maximum absolute atomic E-state index is 4.11. The van der Waals surface area contributed by atoms with Gasteiger partial charge in [-0.05, 0) is 29.9 Å². The van der Waals surface area contributed by atoms with Gasteiger partial charge >= 0.3 is 0 Å². The van der Waals surface area contributed by atoms with Crippen molar-refractivity contribution in [3.63, 3.8) is 0 Å². The van der Waals surface area contributed by atoms with Gasteiger partial charge in [0.25, 0.3) is 0 Å². The number of halogens is 1. The van der Waals surface area contributed by atoms with E-state index in [2.05, 4.69) is 36.4 Å². The predicted octanol–water partition coefficient (Wildman–Crippen LogP) is 1.17. The molecule has 0 saturated heterocycles. The van der Waals surface area contributed by atoms with Crippen molar-refractivity contribution in [2.75, 3.05) is 7.05 Å². The van der Waals surface area contributed by atoms with E-state index in [1.54, 1.807) is 6.20 Å². The number of nitrogens with zero attached hydrogens (tertiary/aromatic N) is 4. The zero-order valence-corrected chi connectivity index (χ0v) is 9.48. The second-order valence-corrected chi connectivity index (χ2v) is 3.73. The van der Waals surface area contributed by atoms with Crippen molar-refractivity contribution in [1.82, 2.24) is 24.9 Å². The van der Waals surface area contributed by atoms with Crippen molar-refractivity contribution in [3.8, 4) is 0 Å². The largest absolute Gasteiger partial charge is 0.311 e. The van der Waals surface area contributed by atoms with Crippen LogP contribution in [0.2, 0.25) is 0 Å². The lowest BCUT2D eigenvalue weighted by atomic mass is 10.3. The Bertz CT molecular complexity index is 452. The summed E-state index contributed by atoms with van der Waals surface area (Å²) in [5, 5.41) is 11.3. The van der Waals surface area contributed by atoms with E-state index in [0.29, 0.717) is 4.60 Å². The highest BCUT2D eigenvalue weighted by Gasteiger charge is 2.12. The minimum absolute atomic E-state index is 0.166. The molecule has 0 bridgehead atoms. The normalized spacial score (nSPS) is 13.4. The standard InChI is InChI=1S/C8H10BrN5/c1-5(10-2)7-12-13-8-6(9)11-3-4-14(7)8/h3-5,10H,1-2H3. The Kier molecular flexibility index (Phi) is 2.47. The minimum Gasteiger partial charge on any atom is -0.311 e. The van der Waals surface area contributed by atoms with Gasteiger partial charge in [-0.3, -0.25) is 4.40 Å². The molecule has 1 atom stereocenters. The molecule has 0 fully saturated rings. The number of nitrogens with one attached hydrogen (secondary N) is 1. The van der Waals surface area contributed by atoms with Crippen LogP contribution in [0, 0.1) is 0 Å². The third kappa shape index (κ3) is 1.40. The summed E-state index contributed by atoms with van der Waals surface area (Å²) in [6.45, 7) is 2.03. The molecule has 0 saturated carbocycles. The van der Waals surface area contributed by atoms with Gasteiger partial charge in [0, 0.05) is 12.4 Å². The molecule has 74 valence electrons. The summed E-state index contributed by atoms with van der Waals surface area (Å²) >= 11 is 3.33. The summed E-state index contributed by atoms with van der Waals surface area (Å²) in [4.78, 5) is 4.08. The number of hydrogen-bond acceptors (Lipinski definition) is 4. The first-order valence-corrected chi connectivity index (χ1v) is 5.05. The van der Waals surface area contributed by atoms with Gasteiger partial charge in [-0.25, -0.2) is 4.98 Å². The van der Waals surface area contributed by atoms with Crippen LogP contribution in [0.25, 0.3) is 5.65 Å². The zero-order chi connectivity index (χ0) is 10.1. The number of rotatable bonds is 2. The lowest BCUT2D eigenvalue weighted by Crippen LogP contribution is -2.15. The lowest BCUT2D eigenvalue weighted by molar-refractivity contribution is 0.603. The zero-order valence-electron chi connectivity index (χ0n) is 7.90. The van der Waals surface area contributed by atoms with Gasteiger partial charge in [-0.2, -0.15) is 0 Å². The summed E-state index contributed by atoms with van der Waals surface area (Å²) in [5.74, 6) is 0.880. The van der Waals surface area contributed by atoms with Crippen molar-refractivity contribution >= 4 is 21.6 Å². The van der Waals surface area contributed by atoms with Gasteiger partial charge in [-0.15, -0.1) is 10.2 Å². The summed E-state index contributed by atoms with van der Waals surface area (Å²) < 4.78 is 2.63. The predicted molar refractivity (Wildman–Crippen MR) is 56.0 cm³/mol. The molecule has 0 radical (unpaired) electrons. The topological polar surface area (TPSA) is 55.1 Å². The monoisotopic (exact) mass is 255 g/mol. The molecule has 14 heavy (non-hydrogen) atoms. The summed E-state index contributed by atoms with van der Waals surface area (Å²) in [7, 11) is 1.89. The average Bonchev–Trinajstić information content (AvgIpc) is 2.62. The highest BCUT2D eigenvalue weighted by Crippen LogP contribution is 2.16. The Balaban J connectivity index is 2.63. The van der Waals surface area contributed by atoms with Crippen LogP contribution in [-0.4, -0.2) is 26.6 Å². The maximum Gasteiger partial charge on any atom is 0.194 e. The fourth-order valence-corrected chi connectivity index (χ4v) is 1.63. The molecular formula is C8H10BrN5. The molecule has 0 aliphatic rings. The maximum atomic E-state index is 4.11. The first kappa shape index (κ1) is 9.54. The van der Waals surface area contributed by atoms with E-state index >= 15 is 0 Å². The third-order valence-electron chi connectivity index (χ3n) is 2.13. The van der Waals surface area contributed by atoms with E-state index in [9.17, 15) is 0 Å². The van der Waals surface area contributed by atoms with Crippen molar-refractivity contribution < 1.29 is 0 Å². The summed E-state index contributed by atoms with van der Waals surface area (Å²) in [5.41, 5.74) is 0.740. The quantitative estimate of drug-likeness (QED) is 0.876. The fourth-order valence-electron chi connectivity index (χ4n) is 1.24. The van der Waals surface area contributed by atoms with Crippen LogP contribution in [0.15, 0.2) is 17.0 Å². The number of fused-ring (bicyclic) bond motifs is 1. The molecule has 6 heteroatoms. The molecule has 0 aliphatic carbocycles. The molecule has 2 aromatic rings. The minimum atomic E-state index is 0.166. The first-order valence-electron chi connectivity index (χ1n) is 4.26. The van der Waals surface area contributed by atoms with E-state index in [-0.39, 0.29) is 6.04 Å². The van der Waals surface area contributed by atoms with E-state index in [0.717, 1.165) is 11.5 Å². The van der Waals surface area contributed by atoms with E-state index in [4.69, 9.17) is 0 Å². The molecule has 0 aromatic carbocycles. The van der Waals surface area contributed by atoms with Crippen molar-refractivity contribution in [3.05, 3.63) is 22.8 Å². The van der Waals surface area contributed by atoms with Crippen molar-refractivity contribution in [2.24, 2.45) is 0 Å². The Hall–Kier alpha value is -1.01. The molecule has 1 N–H and O–H groups in total. The molecule has 0 amide bonds. The van der Waals surface area contributed by atoms with Gasteiger partial charge in [-0.1, -0.05) is 0 Å². The Morgan fingerprint density at radius 1 is 1.50 bits per heavy atom. The highest BCUT2D eigenvalue weighted by molar-refractivity contribution is 9.10. The smallest absolute Gasteiger partial charge is 0.194 e. The lowest BCUT2D eigenvalue weighted by Gasteiger charge is -2.07. The molecule has 2 heterocycles. The van der Waals surface area contributed by atoms with Crippen LogP contribution in [0.4, 0.5) is 0 Å². The van der Waals surface area contributed by atoms with Gasteiger partial charge in [0.2, 0.25) is 0 Å². The SMILES string of the molecule is CNC(C)c1nnc2c(Br)nccn12. The third-order valence-corrected chi connectivity index (χ3v) is 2.69. The Morgan fingerprint density at radius 3 is 3.00 bits per heavy atom. The molecule has 0 aliphatic heterocycles. The van der Waals surface area contributed by atoms with E-state index in [1.165, 1.54) is 0 Å². The van der Waals surface area contributed by atoms with E-state index < -0.39 is 0 Å².